The molecule has 24 heavy (non-hydrogen) atoms. The molecular weight excluding hydrogens is 300 g/mol. The van der Waals surface area contributed by atoms with Crippen LogP contribution < -0.4 is 5.48 Å². The quantitative estimate of drug-likeness (QED) is 0.202. The van der Waals surface area contributed by atoms with Crippen LogP contribution in [0.25, 0.3) is 0 Å². The number of amides is 1. The molecule has 0 spiro atoms. The lowest BCUT2D eigenvalue weighted by atomic mass is 10.1. The number of hydrogen-bond acceptors (Lipinski definition) is 3. The Morgan fingerprint density at radius 2 is 1.12 bits per heavy atom. The van der Waals surface area contributed by atoms with Gasteiger partial charge in [0.2, 0.25) is 5.91 Å². The van der Waals surface area contributed by atoms with Gasteiger partial charge in [0.1, 0.15) is 0 Å². The molecule has 0 aromatic rings. The van der Waals surface area contributed by atoms with Crippen LogP contribution in [0.5, 0.6) is 0 Å². The van der Waals surface area contributed by atoms with Gasteiger partial charge in [-0.3, -0.25) is 10.0 Å². The maximum atomic E-state index is 11.1. The minimum atomic E-state index is -0.269. The maximum Gasteiger partial charge on any atom is 0.243 e. The molecule has 0 fully saturated rings. The smallest absolute Gasteiger partial charge is 0.243 e. The summed E-state index contributed by atoms with van der Waals surface area (Å²) in [5, 5.41) is 8.58. The highest BCUT2D eigenvalue weighted by molar-refractivity contribution is 5.74. The summed E-state index contributed by atoms with van der Waals surface area (Å²) in [4.78, 5) is 13.7. The van der Waals surface area contributed by atoms with Gasteiger partial charge in [-0.15, -0.1) is 0 Å². The van der Waals surface area contributed by atoms with Crippen molar-refractivity contribution in [2.24, 2.45) is 0 Å². The van der Waals surface area contributed by atoms with E-state index >= 15 is 0 Å². The van der Waals surface area contributed by atoms with Gasteiger partial charge in [0.15, 0.2) is 0 Å². The first-order valence-electron chi connectivity index (χ1n) is 10.4. The van der Waals surface area contributed by atoms with E-state index in [2.05, 4.69) is 18.7 Å². The minimum Gasteiger partial charge on any atom is -0.303 e. The van der Waals surface area contributed by atoms with Crippen LogP contribution in [-0.2, 0) is 4.79 Å². The lowest BCUT2D eigenvalue weighted by Crippen LogP contribution is -2.28. The second-order valence-electron chi connectivity index (χ2n) is 7.02. The average molecular weight is 343 g/mol. The zero-order valence-corrected chi connectivity index (χ0v) is 16.3. The predicted molar refractivity (Wildman–Crippen MR) is 102 cm³/mol. The lowest BCUT2D eigenvalue weighted by molar-refractivity contribution is -0.129. The third-order valence-corrected chi connectivity index (χ3v) is 4.66. The summed E-state index contributed by atoms with van der Waals surface area (Å²) in [6.07, 6.45) is 17.2. The predicted octanol–water partition coefficient (Wildman–Crippen LogP) is 5.30. The van der Waals surface area contributed by atoms with Gasteiger partial charge >= 0.3 is 0 Å². The van der Waals surface area contributed by atoms with Crippen molar-refractivity contribution in [1.82, 2.24) is 10.4 Å². The molecule has 0 unspecified atom stereocenters. The first-order valence-corrected chi connectivity index (χ1v) is 10.4. The number of hydrogen-bond donors (Lipinski definition) is 2. The molecule has 0 saturated carbocycles. The first kappa shape index (κ1) is 23.4. The third-order valence-electron chi connectivity index (χ3n) is 4.66. The molecule has 0 aliphatic carbocycles. The molecule has 0 saturated heterocycles. The van der Waals surface area contributed by atoms with Crippen molar-refractivity contribution in [3.63, 3.8) is 0 Å². The summed E-state index contributed by atoms with van der Waals surface area (Å²) >= 11 is 0. The molecule has 144 valence electrons. The second kappa shape index (κ2) is 18.7. The van der Waals surface area contributed by atoms with Gasteiger partial charge in [0, 0.05) is 6.42 Å². The fraction of sp³-hybridized carbons (Fsp3) is 0.950. The van der Waals surface area contributed by atoms with Gasteiger partial charge in [-0.1, -0.05) is 78.1 Å². The molecule has 0 aromatic heterocycles. The van der Waals surface area contributed by atoms with E-state index < -0.39 is 0 Å². The molecule has 2 N–H and O–H groups in total. The van der Waals surface area contributed by atoms with Crippen molar-refractivity contribution in [2.45, 2.75) is 104 Å². The van der Waals surface area contributed by atoms with Gasteiger partial charge in [0.05, 0.1) is 0 Å². The van der Waals surface area contributed by atoms with Crippen LogP contribution in [0.15, 0.2) is 0 Å². The zero-order chi connectivity index (χ0) is 17.9. The number of hydroxylamine groups is 1. The van der Waals surface area contributed by atoms with Crippen molar-refractivity contribution in [2.75, 3.05) is 19.6 Å². The van der Waals surface area contributed by atoms with Crippen LogP contribution in [0, 0.1) is 0 Å². The zero-order valence-electron chi connectivity index (χ0n) is 16.3. The number of nitrogens with one attached hydrogen (secondary N) is 1. The van der Waals surface area contributed by atoms with Crippen molar-refractivity contribution < 1.29 is 10.0 Å². The van der Waals surface area contributed by atoms with Crippen LogP contribution >= 0.6 is 0 Å². The molecule has 0 radical (unpaired) electrons. The lowest BCUT2D eigenvalue weighted by Gasteiger charge is -2.22. The Balaban J connectivity index is 3.84. The fourth-order valence-corrected chi connectivity index (χ4v) is 3.09. The normalized spacial score (nSPS) is 11.2. The van der Waals surface area contributed by atoms with Gasteiger partial charge in [-0.25, -0.2) is 5.48 Å². The Hall–Kier alpha value is -0.610. The molecule has 0 aliphatic heterocycles. The van der Waals surface area contributed by atoms with E-state index in [1.54, 1.807) is 5.48 Å². The second-order valence-corrected chi connectivity index (χ2v) is 7.02. The summed E-state index contributed by atoms with van der Waals surface area (Å²) in [5.74, 6) is -0.269. The maximum absolute atomic E-state index is 11.1. The van der Waals surface area contributed by atoms with Crippen LogP contribution in [0.4, 0.5) is 0 Å². The number of nitrogens with zero attached hydrogens (tertiary/aromatic N) is 1. The molecule has 4 heteroatoms. The largest absolute Gasteiger partial charge is 0.303 e. The molecule has 0 atom stereocenters. The topological polar surface area (TPSA) is 52.6 Å². The van der Waals surface area contributed by atoms with Gasteiger partial charge < -0.3 is 4.90 Å². The third kappa shape index (κ3) is 16.3. The highest BCUT2D eigenvalue weighted by Gasteiger charge is 2.06. The van der Waals surface area contributed by atoms with Gasteiger partial charge in [0.25, 0.3) is 0 Å². The van der Waals surface area contributed by atoms with E-state index in [-0.39, 0.29) is 5.91 Å². The summed E-state index contributed by atoms with van der Waals surface area (Å²) in [7, 11) is 0. The Labute approximate surface area is 150 Å². The van der Waals surface area contributed by atoms with E-state index in [1.165, 1.54) is 77.0 Å². The highest BCUT2D eigenvalue weighted by Crippen LogP contribution is 2.09. The summed E-state index contributed by atoms with van der Waals surface area (Å²) in [6.45, 7) is 7.79. The van der Waals surface area contributed by atoms with Crippen molar-refractivity contribution in [1.29, 1.82) is 0 Å². The van der Waals surface area contributed by atoms with E-state index in [9.17, 15) is 4.79 Å². The van der Waals surface area contributed by atoms with E-state index in [1.807, 2.05) is 0 Å². The minimum absolute atomic E-state index is 0.269. The molecule has 0 aromatic carbocycles. The molecule has 4 nitrogen and oxygen atoms in total. The molecule has 0 heterocycles. The van der Waals surface area contributed by atoms with Crippen LogP contribution in [-0.4, -0.2) is 35.6 Å². The van der Waals surface area contributed by atoms with E-state index in [0.29, 0.717) is 6.42 Å². The standard InChI is InChI=1S/C20H42N2O2/c1-3-5-7-9-11-13-17-22(19-15-16-20(23)21-24)18-14-12-10-8-6-4-2/h24H,3-19H2,1-2H3,(H,21,23). The molecule has 0 rings (SSSR count). The van der Waals surface area contributed by atoms with Crippen molar-refractivity contribution in [3.05, 3.63) is 0 Å². The van der Waals surface area contributed by atoms with E-state index in [4.69, 9.17) is 5.21 Å². The number of carbonyl (C=O) groups is 1. The Kier molecular flexibility index (Phi) is 18.2. The van der Waals surface area contributed by atoms with Crippen LogP contribution in [0.3, 0.4) is 0 Å². The van der Waals surface area contributed by atoms with Crippen molar-refractivity contribution >= 4 is 5.91 Å². The number of carbonyl (C=O) groups excluding carboxylic acids is 1. The number of rotatable bonds is 18. The Morgan fingerprint density at radius 1 is 0.708 bits per heavy atom. The Bertz CT molecular complexity index is 256. The van der Waals surface area contributed by atoms with Crippen molar-refractivity contribution in [3.8, 4) is 0 Å². The molecular formula is C20H42N2O2. The molecule has 1 amide bonds. The highest BCUT2D eigenvalue weighted by atomic mass is 16.5. The average Bonchev–Trinajstić information content (AvgIpc) is 2.60. The molecule has 0 bridgehead atoms. The Morgan fingerprint density at radius 3 is 1.58 bits per heavy atom. The summed E-state index contributed by atoms with van der Waals surface area (Å²) < 4.78 is 0. The first-order chi connectivity index (χ1) is 11.7. The SMILES string of the molecule is CCCCCCCCN(CCCCCCCC)CCCC(=O)NO. The summed E-state index contributed by atoms with van der Waals surface area (Å²) in [5.41, 5.74) is 1.72. The van der Waals surface area contributed by atoms with Crippen LogP contribution in [0.2, 0.25) is 0 Å². The fourth-order valence-electron chi connectivity index (χ4n) is 3.09. The van der Waals surface area contributed by atoms with Gasteiger partial charge in [-0.05, 0) is 38.9 Å². The van der Waals surface area contributed by atoms with E-state index in [0.717, 1.165) is 26.1 Å². The molecule has 0 aliphatic rings. The van der Waals surface area contributed by atoms with Gasteiger partial charge in [-0.2, -0.15) is 0 Å². The summed E-state index contributed by atoms with van der Waals surface area (Å²) in [6, 6.07) is 0. The monoisotopic (exact) mass is 342 g/mol. The van der Waals surface area contributed by atoms with Crippen LogP contribution in [0.1, 0.15) is 104 Å². The number of unbranched alkanes of at least 4 members (excludes halogenated alkanes) is 10.